The lowest BCUT2D eigenvalue weighted by molar-refractivity contribution is 0.0694. The summed E-state index contributed by atoms with van der Waals surface area (Å²) >= 11 is 7.42. The predicted octanol–water partition coefficient (Wildman–Crippen LogP) is 4.93. The van der Waals surface area contributed by atoms with Crippen molar-refractivity contribution in [3.8, 4) is 0 Å². The van der Waals surface area contributed by atoms with E-state index in [1.54, 1.807) is 6.07 Å². The molecule has 3 nitrogen and oxygen atoms in total. The average molecular weight is 322 g/mol. The van der Waals surface area contributed by atoms with Gasteiger partial charge in [0.15, 0.2) is 0 Å². The van der Waals surface area contributed by atoms with E-state index >= 15 is 0 Å². The summed E-state index contributed by atoms with van der Waals surface area (Å²) in [6, 6.07) is 12.9. The number of aromatic carboxylic acids is 1. The smallest absolute Gasteiger partial charge is 0.338 e. The molecule has 110 valence electrons. The zero-order valence-electron chi connectivity index (χ0n) is 11.8. The number of anilines is 1. The van der Waals surface area contributed by atoms with Crippen molar-refractivity contribution in [2.24, 2.45) is 0 Å². The standard InChI is InChI=1S/C16H16ClNO2S/c1-10(11-5-3-6-12(17)9-11)18-13-7-4-8-14(21-2)15(13)16(19)20/h3-10,18H,1-2H3,(H,19,20). The van der Waals surface area contributed by atoms with Crippen molar-refractivity contribution in [2.75, 3.05) is 11.6 Å². The molecule has 0 saturated carbocycles. The molecule has 0 fully saturated rings. The fraction of sp³-hybridized carbons (Fsp3) is 0.188. The highest BCUT2D eigenvalue weighted by atomic mass is 35.5. The Morgan fingerprint density at radius 1 is 1.29 bits per heavy atom. The monoisotopic (exact) mass is 321 g/mol. The Morgan fingerprint density at radius 2 is 2.00 bits per heavy atom. The van der Waals surface area contributed by atoms with Crippen molar-refractivity contribution < 1.29 is 9.90 Å². The maximum atomic E-state index is 11.5. The van der Waals surface area contributed by atoms with Gasteiger partial charge in [-0.25, -0.2) is 4.79 Å². The summed E-state index contributed by atoms with van der Waals surface area (Å²) in [4.78, 5) is 12.2. The quantitative estimate of drug-likeness (QED) is 0.766. The molecule has 0 aliphatic rings. The van der Waals surface area contributed by atoms with E-state index in [9.17, 15) is 9.90 Å². The van der Waals surface area contributed by atoms with Crippen LogP contribution in [0.5, 0.6) is 0 Å². The zero-order chi connectivity index (χ0) is 15.4. The number of rotatable bonds is 5. The van der Waals surface area contributed by atoms with E-state index in [-0.39, 0.29) is 6.04 Å². The molecule has 0 amide bonds. The molecule has 0 bridgehead atoms. The third kappa shape index (κ3) is 3.71. The van der Waals surface area contributed by atoms with Crippen molar-refractivity contribution in [1.82, 2.24) is 0 Å². The highest BCUT2D eigenvalue weighted by Gasteiger charge is 2.16. The van der Waals surface area contributed by atoms with Crippen LogP contribution in [0.2, 0.25) is 5.02 Å². The lowest BCUT2D eigenvalue weighted by atomic mass is 10.1. The van der Waals surface area contributed by atoms with Crippen LogP contribution >= 0.6 is 23.4 Å². The molecule has 0 spiro atoms. The van der Waals surface area contributed by atoms with Gasteiger partial charge in [0.2, 0.25) is 0 Å². The van der Waals surface area contributed by atoms with Gasteiger partial charge in [0.1, 0.15) is 0 Å². The Kier molecular flexibility index (Phi) is 5.15. The molecule has 21 heavy (non-hydrogen) atoms. The highest BCUT2D eigenvalue weighted by Crippen LogP contribution is 2.30. The van der Waals surface area contributed by atoms with Gasteiger partial charge in [-0.1, -0.05) is 29.8 Å². The number of benzene rings is 2. The maximum absolute atomic E-state index is 11.5. The van der Waals surface area contributed by atoms with Gasteiger partial charge in [-0.2, -0.15) is 0 Å². The van der Waals surface area contributed by atoms with Crippen LogP contribution in [0.15, 0.2) is 47.4 Å². The molecule has 1 atom stereocenters. The highest BCUT2D eigenvalue weighted by molar-refractivity contribution is 7.98. The van der Waals surface area contributed by atoms with Crippen LogP contribution in [0.3, 0.4) is 0 Å². The van der Waals surface area contributed by atoms with Crippen molar-refractivity contribution in [2.45, 2.75) is 17.9 Å². The molecule has 0 aromatic heterocycles. The summed E-state index contributed by atoms with van der Waals surface area (Å²) in [5.74, 6) is -0.930. The molecule has 2 N–H and O–H groups in total. The Morgan fingerprint density at radius 3 is 2.62 bits per heavy atom. The van der Waals surface area contributed by atoms with Gasteiger partial charge in [0.25, 0.3) is 0 Å². The topological polar surface area (TPSA) is 49.3 Å². The van der Waals surface area contributed by atoms with Crippen molar-refractivity contribution >= 4 is 35.0 Å². The van der Waals surface area contributed by atoms with E-state index in [1.807, 2.05) is 49.6 Å². The van der Waals surface area contributed by atoms with Crippen LogP contribution in [0.25, 0.3) is 0 Å². The van der Waals surface area contributed by atoms with E-state index in [0.29, 0.717) is 16.3 Å². The second kappa shape index (κ2) is 6.87. The molecule has 1 unspecified atom stereocenters. The Labute approximate surface area is 133 Å². The van der Waals surface area contributed by atoms with Gasteiger partial charge in [-0.05, 0) is 43.0 Å². The SMILES string of the molecule is CSc1cccc(NC(C)c2cccc(Cl)c2)c1C(=O)O. The number of carboxylic acid groups (broad SMARTS) is 1. The second-order valence-electron chi connectivity index (χ2n) is 4.61. The molecule has 2 aromatic carbocycles. The Hall–Kier alpha value is -1.65. The maximum Gasteiger partial charge on any atom is 0.338 e. The molecule has 0 radical (unpaired) electrons. The predicted molar refractivity (Wildman–Crippen MR) is 88.7 cm³/mol. The number of carboxylic acids is 1. The van der Waals surface area contributed by atoms with Gasteiger partial charge in [-0.15, -0.1) is 11.8 Å². The van der Waals surface area contributed by atoms with E-state index in [2.05, 4.69) is 5.32 Å². The molecular formula is C16H16ClNO2S. The van der Waals surface area contributed by atoms with Gasteiger partial charge in [0, 0.05) is 16.0 Å². The van der Waals surface area contributed by atoms with Gasteiger partial charge in [0.05, 0.1) is 11.3 Å². The zero-order valence-corrected chi connectivity index (χ0v) is 13.3. The van der Waals surface area contributed by atoms with E-state index in [0.717, 1.165) is 10.5 Å². The van der Waals surface area contributed by atoms with Crippen LogP contribution in [0.4, 0.5) is 5.69 Å². The van der Waals surface area contributed by atoms with Crippen molar-refractivity contribution in [1.29, 1.82) is 0 Å². The lowest BCUT2D eigenvalue weighted by Crippen LogP contribution is -2.11. The first-order valence-corrected chi connectivity index (χ1v) is 8.05. The summed E-state index contributed by atoms with van der Waals surface area (Å²) in [6.07, 6.45) is 1.87. The second-order valence-corrected chi connectivity index (χ2v) is 5.89. The largest absolute Gasteiger partial charge is 0.478 e. The summed E-state index contributed by atoms with van der Waals surface area (Å²) < 4.78 is 0. The molecule has 0 saturated heterocycles. The first-order valence-electron chi connectivity index (χ1n) is 6.45. The third-order valence-corrected chi connectivity index (χ3v) is 4.20. The van der Waals surface area contributed by atoms with Crippen molar-refractivity contribution in [3.63, 3.8) is 0 Å². The molecule has 5 heteroatoms. The number of hydrogen-bond acceptors (Lipinski definition) is 3. The van der Waals surface area contributed by atoms with Crippen LogP contribution in [0.1, 0.15) is 28.9 Å². The van der Waals surface area contributed by atoms with E-state index < -0.39 is 5.97 Å². The molecule has 0 heterocycles. The van der Waals surface area contributed by atoms with Crippen LogP contribution in [-0.4, -0.2) is 17.3 Å². The molecule has 0 aliphatic heterocycles. The number of nitrogens with one attached hydrogen (secondary N) is 1. The Balaban J connectivity index is 2.33. The number of carbonyl (C=O) groups is 1. The summed E-state index contributed by atoms with van der Waals surface area (Å²) in [5, 5.41) is 13.4. The fourth-order valence-corrected chi connectivity index (χ4v) is 2.95. The minimum Gasteiger partial charge on any atom is -0.478 e. The van der Waals surface area contributed by atoms with Crippen LogP contribution in [-0.2, 0) is 0 Å². The minimum absolute atomic E-state index is 0.0427. The molecule has 0 aliphatic carbocycles. The fourth-order valence-electron chi connectivity index (χ4n) is 2.13. The van der Waals surface area contributed by atoms with Gasteiger partial charge >= 0.3 is 5.97 Å². The molecule has 2 aromatic rings. The van der Waals surface area contributed by atoms with Crippen molar-refractivity contribution in [3.05, 3.63) is 58.6 Å². The van der Waals surface area contributed by atoms with Crippen LogP contribution in [0, 0.1) is 0 Å². The van der Waals surface area contributed by atoms with E-state index in [4.69, 9.17) is 11.6 Å². The van der Waals surface area contributed by atoms with E-state index in [1.165, 1.54) is 11.8 Å². The third-order valence-electron chi connectivity index (χ3n) is 3.18. The average Bonchev–Trinajstić information content (AvgIpc) is 2.46. The molecular weight excluding hydrogens is 306 g/mol. The first kappa shape index (κ1) is 15.7. The number of thioether (sulfide) groups is 1. The minimum atomic E-state index is -0.930. The summed E-state index contributed by atoms with van der Waals surface area (Å²) in [5.41, 5.74) is 1.93. The molecule has 2 rings (SSSR count). The normalized spacial score (nSPS) is 12.0. The first-order chi connectivity index (χ1) is 10.0. The Bertz CT molecular complexity index is 660. The van der Waals surface area contributed by atoms with Gasteiger partial charge < -0.3 is 10.4 Å². The number of halogens is 1. The summed E-state index contributed by atoms with van der Waals surface area (Å²) in [7, 11) is 0. The lowest BCUT2D eigenvalue weighted by Gasteiger charge is -2.18. The summed E-state index contributed by atoms with van der Waals surface area (Å²) in [6.45, 7) is 1.98. The van der Waals surface area contributed by atoms with Gasteiger partial charge in [-0.3, -0.25) is 0 Å². The number of hydrogen-bond donors (Lipinski definition) is 2. The van der Waals surface area contributed by atoms with Crippen LogP contribution < -0.4 is 5.32 Å².